The second-order valence-electron chi connectivity index (χ2n) is 5.42. The summed E-state index contributed by atoms with van der Waals surface area (Å²) in [6.45, 7) is 0. The second kappa shape index (κ2) is 4.47. The Bertz CT molecular complexity index is 606. The smallest absolute Gasteiger partial charge is 0.325 e. The maximum Gasteiger partial charge on any atom is 0.418 e. The van der Waals surface area contributed by atoms with Crippen LogP contribution in [-0.2, 0) is 6.18 Å². The van der Waals surface area contributed by atoms with Gasteiger partial charge in [-0.15, -0.1) is 0 Å². The number of benzene rings is 1. The predicted molar refractivity (Wildman–Crippen MR) is 71.4 cm³/mol. The van der Waals surface area contributed by atoms with Crippen molar-refractivity contribution in [1.29, 1.82) is 5.41 Å². The van der Waals surface area contributed by atoms with Gasteiger partial charge < -0.3 is 5.32 Å². The molecule has 112 valence electrons. The molecule has 1 aromatic carbocycles. The topological polar surface area (TPSA) is 56.2 Å². The Balaban J connectivity index is 2.06. The zero-order chi connectivity index (χ0) is 15.3. The summed E-state index contributed by atoms with van der Waals surface area (Å²) in [5, 5.41) is 10.9. The van der Waals surface area contributed by atoms with E-state index in [0.29, 0.717) is 12.8 Å². The fraction of sp³-hybridized carbons (Fsp3) is 0.429. The van der Waals surface area contributed by atoms with Crippen molar-refractivity contribution >= 4 is 17.6 Å². The molecular formula is C14H14F3N3O. The molecule has 2 aliphatic rings. The summed E-state index contributed by atoms with van der Waals surface area (Å²) >= 11 is 0. The van der Waals surface area contributed by atoms with Gasteiger partial charge in [-0.1, -0.05) is 25.0 Å². The van der Waals surface area contributed by atoms with E-state index >= 15 is 0 Å². The summed E-state index contributed by atoms with van der Waals surface area (Å²) in [5.74, 6) is -0.0818. The van der Waals surface area contributed by atoms with Crippen molar-refractivity contribution < 1.29 is 18.0 Å². The molecule has 0 atom stereocenters. The normalized spacial score (nSPS) is 21.2. The number of nitrogens with zero attached hydrogens (tertiary/aromatic N) is 1. The molecule has 1 aromatic rings. The number of amides is 2. The van der Waals surface area contributed by atoms with Crippen LogP contribution in [0.3, 0.4) is 0 Å². The summed E-state index contributed by atoms with van der Waals surface area (Å²) in [6.07, 6.45) is -1.65. The van der Waals surface area contributed by atoms with Crippen LogP contribution >= 0.6 is 0 Å². The van der Waals surface area contributed by atoms with Gasteiger partial charge in [0, 0.05) is 0 Å². The molecule has 21 heavy (non-hydrogen) atoms. The molecule has 0 bridgehead atoms. The third-order valence-electron chi connectivity index (χ3n) is 4.13. The number of hydrogen-bond acceptors (Lipinski definition) is 2. The molecule has 4 nitrogen and oxygen atoms in total. The van der Waals surface area contributed by atoms with Crippen LogP contribution in [0.5, 0.6) is 0 Å². The third-order valence-corrected chi connectivity index (χ3v) is 4.13. The van der Waals surface area contributed by atoms with E-state index in [1.54, 1.807) is 0 Å². The fourth-order valence-electron chi connectivity index (χ4n) is 3.11. The van der Waals surface area contributed by atoms with E-state index in [0.717, 1.165) is 23.8 Å². The van der Waals surface area contributed by atoms with Crippen molar-refractivity contribution in [3.63, 3.8) is 0 Å². The minimum atomic E-state index is -4.57. The number of urea groups is 1. The molecule has 1 aliphatic carbocycles. The van der Waals surface area contributed by atoms with Crippen LogP contribution in [0, 0.1) is 5.41 Å². The van der Waals surface area contributed by atoms with Crippen LogP contribution in [0.2, 0.25) is 0 Å². The summed E-state index contributed by atoms with van der Waals surface area (Å²) in [7, 11) is 0. The second-order valence-corrected chi connectivity index (χ2v) is 5.42. The number of anilines is 1. The average Bonchev–Trinajstić information content (AvgIpc) is 2.96. The van der Waals surface area contributed by atoms with Gasteiger partial charge >= 0.3 is 12.2 Å². The van der Waals surface area contributed by atoms with Gasteiger partial charge in [-0.2, -0.15) is 13.2 Å². The first-order chi connectivity index (χ1) is 9.85. The summed E-state index contributed by atoms with van der Waals surface area (Å²) in [5.41, 5.74) is -1.98. The van der Waals surface area contributed by atoms with Crippen molar-refractivity contribution in [2.75, 3.05) is 4.90 Å². The van der Waals surface area contributed by atoms with E-state index in [9.17, 15) is 18.0 Å². The lowest BCUT2D eigenvalue weighted by Crippen LogP contribution is -2.43. The minimum absolute atomic E-state index is 0.0818. The molecule has 1 aliphatic heterocycles. The number of amidine groups is 1. The van der Waals surface area contributed by atoms with Gasteiger partial charge in [-0.05, 0) is 25.0 Å². The Morgan fingerprint density at radius 3 is 2.43 bits per heavy atom. The minimum Gasteiger partial charge on any atom is -0.325 e. The van der Waals surface area contributed by atoms with E-state index in [1.807, 2.05) is 0 Å². The van der Waals surface area contributed by atoms with Gasteiger partial charge in [0.1, 0.15) is 5.84 Å². The van der Waals surface area contributed by atoms with Crippen molar-refractivity contribution in [2.45, 2.75) is 37.4 Å². The van der Waals surface area contributed by atoms with Crippen LogP contribution in [-0.4, -0.2) is 17.4 Å². The summed E-state index contributed by atoms with van der Waals surface area (Å²) in [4.78, 5) is 13.0. The highest BCUT2D eigenvalue weighted by Gasteiger charge is 2.51. The SMILES string of the molecule is N=C1N(c2ccccc2C(F)(F)F)C(=O)NC12CCCC2. The predicted octanol–water partition coefficient (Wildman–Crippen LogP) is 3.53. The third kappa shape index (κ3) is 2.07. The highest BCUT2D eigenvalue weighted by atomic mass is 19.4. The summed E-state index contributed by atoms with van der Waals surface area (Å²) in [6, 6.07) is 4.21. The Morgan fingerprint density at radius 2 is 1.81 bits per heavy atom. The van der Waals surface area contributed by atoms with Crippen LogP contribution in [0.15, 0.2) is 24.3 Å². The highest BCUT2D eigenvalue weighted by Crippen LogP contribution is 2.41. The molecule has 1 spiro atoms. The highest BCUT2D eigenvalue weighted by molar-refractivity contribution is 6.24. The van der Waals surface area contributed by atoms with E-state index in [1.165, 1.54) is 18.2 Å². The van der Waals surface area contributed by atoms with Gasteiger partial charge in [0.2, 0.25) is 0 Å². The number of carbonyl (C=O) groups excluding carboxylic acids is 1. The molecule has 2 fully saturated rings. The van der Waals surface area contributed by atoms with E-state index in [4.69, 9.17) is 5.41 Å². The Hall–Kier alpha value is -2.05. The molecule has 2 amide bonds. The molecule has 1 saturated heterocycles. The van der Waals surface area contributed by atoms with Crippen molar-refractivity contribution in [2.24, 2.45) is 0 Å². The largest absolute Gasteiger partial charge is 0.418 e. The fourth-order valence-corrected chi connectivity index (χ4v) is 3.11. The molecule has 2 N–H and O–H groups in total. The number of nitrogens with one attached hydrogen (secondary N) is 2. The zero-order valence-electron chi connectivity index (χ0n) is 11.1. The molecule has 1 saturated carbocycles. The average molecular weight is 297 g/mol. The molecule has 0 radical (unpaired) electrons. The van der Waals surface area contributed by atoms with Gasteiger partial charge in [0.25, 0.3) is 0 Å². The van der Waals surface area contributed by atoms with E-state index < -0.39 is 23.3 Å². The van der Waals surface area contributed by atoms with Crippen molar-refractivity contribution in [3.05, 3.63) is 29.8 Å². The lowest BCUT2D eigenvalue weighted by Gasteiger charge is -2.24. The number of rotatable bonds is 1. The maximum atomic E-state index is 13.1. The van der Waals surface area contributed by atoms with Gasteiger partial charge in [0.05, 0.1) is 16.8 Å². The Morgan fingerprint density at radius 1 is 1.19 bits per heavy atom. The summed E-state index contributed by atoms with van der Waals surface area (Å²) < 4.78 is 39.3. The lowest BCUT2D eigenvalue weighted by molar-refractivity contribution is -0.137. The molecular weight excluding hydrogens is 283 g/mol. The standard InChI is InChI=1S/C14H14F3N3O/c15-14(16,17)9-5-1-2-6-10(9)20-11(18)13(19-12(20)21)7-3-4-8-13/h1-2,5-6,18H,3-4,7-8H2,(H,19,21). The van der Waals surface area contributed by atoms with Gasteiger partial charge in [0.15, 0.2) is 0 Å². The number of para-hydroxylation sites is 1. The van der Waals surface area contributed by atoms with Crippen LogP contribution in [0.1, 0.15) is 31.2 Å². The molecule has 0 aromatic heterocycles. The number of alkyl halides is 3. The van der Waals surface area contributed by atoms with Crippen molar-refractivity contribution in [1.82, 2.24) is 5.32 Å². The first-order valence-corrected chi connectivity index (χ1v) is 6.73. The lowest BCUT2D eigenvalue weighted by atomic mass is 9.97. The van der Waals surface area contributed by atoms with E-state index in [-0.39, 0.29) is 11.5 Å². The van der Waals surface area contributed by atoms with Crippen LogP contribution in [0.25, 0.3) is 0 Å². The molecule has 7 heteroatoms. The first kappa shape index (κ1) is 13.9. The number of halogens is 3. The number of carbonyl (C=O) groups is 1. The van der Waals surface area contributed by atoms with Crippen LogP contribution in [0.4, 0.5) is 23.7 Å². The molecule has 1 heterocycles. The molecule has 3 rings (SSSR count). The molecule has 0 unspecified atom stereocenters. The van der Waals surface area contributed by atoms with Gasteiger partial charge in [-0.3, -0.25) is 5.41 Å². The maximum absolute atomic E-state index is 13.1. The Kier molecular flexibility index (Phi) is 2.96. The van der Waals surface area contributed by atoms with Crippen molar-refractivity contribution in [3.8, 4) is 0 Å². The van der Waals surface area contributed by atoms with Crippen LogP contribution < -0.4 is 10.2 Å². The first-order valence-electron chi connectivity index (χ1n) is 6.73. The monoisotopic (exact) mass is 297 g/mol. The zero-order valence-corrected chi connectivity index (χ0v) is 11.1. The van der Waals surface area contributed by atoms with Gasteiger partial charge in [-0.25, -0.2) is 9.69 Å². The number of hydrogen-bond donors (Lipinski definition) is 2. The quantitative estimate of drug-likeness (QED) is 0.818. The van der Waals surface area contributed by atoms with E-state index in [2.05, 4.69) is 5.32 Å². The Labute approximate surface area is 119 Å².